The Kier molecular flexibility index (Phi) is 6.93. The Morgan fingerprint density at radius 2 is 1.98 bits per heavy atom. The molecule has 3 aliphatic rings. The molecule has 12 nitrogen and oxygen atoms in total. The summed E-state index contributed by atoms with van der Waals surface area (Å²) in [6, 6.07) is 5.51. The number of rotatable bonds is 8. The smallest absolute Gasteiger partial charge is 0.387 e. The van der Waals surface area contributed by atoms with Gasteiger partial charge in [0.1, 0.15) is 11.8 Å². The zero-order chi connectivity index (χ0) is 28.0. The van der Waals surface area contributed by atoms with E-state index in [-0.39, 0.29) is 35.0 Å². The first-order chi connectivity index (χ1) is 19.3. The van der Waals surface area contributed by atoms with E-state index >= 15 is 0 Å². The van der Waals surface area contributed by atoms with Gasteiger partial charge in [-0.25, -0.2) is 4.98 Å². The lowest BCUT2D eigenvalue weighted by atomic mass is 10.1. The van der Waals surface area contributed by atoms with Gasteiger partial charge in [-0.3, -0.25) is 9.69 Å². The third-order valence-electron chi connectivity index (χ3n) is 7.37. The number of benzene rings is 1. The first-order valence-electron chi connectivity index (χ1n) is 13.0. The van der Waals surface area contributed by atoms with Crippen molar-refractivity contribution in [2.24, 2.45) is 0 Å². The Labute approximate surface area is 233 Å². The minimum Gasteiger partial charge on any atom is -0.435 e. The van der Waals surface area contributed by atoms with Gasteiger partial charge in [-0.1, -0.05) is 11.6 Å². The van der Waals surface area contributed by atoms with Crippen molar-refractivity contribution in [1.29, 1.82) is 5.26 Å². The molecule has 1 aliphatic carbocycles. The monoisotopic (exact) mass is 572 g/mol. The lowest BCUT2D eigenvalue weighted by Gasteiger charge is -2.48. The minimum absolute atomic E-state index is 0.0619. The van der Waals surface area contributed by atoms with Crippen molar-refractivity contribution in [3.63, 3.8) is 0 Å². The Morgan fingerprint density at radius 3 is 2.62 bits per heavy atom. The third kappa shape index (κ3) is 5.26. The summed E-state index contributed by atoms with van der Waals surface area (Å²) in [5.74, 6) is 0.575. The maximum atomic E-state index is 13.2. The normalized spacial score (nSPS) is 18.1. The van der Waals surface area contributed by atoms with E-state index in [0.717, 1.165) is 25.9 Å². The fourth-order valence-electron chi connectivity index (χ4n) is 5.00. The van der Waals surface area contributed by atoms with Gasteiger partial charge >= 0.3 is 6.61 Å². The summed E-state index contributed by atoms with van der Waals surface area (Å²) in [5, 5.41) is 20.5. The number of halogens is 3. The van der Waals surface area contributed by atoms with Crippen LogP contribution in [0.25, 0.3) is 5.65 Å². The summed E-state index contributed by atoms with van der Waals surface area (Å²) in [5.41, 5.74) is 1.45. The number of hydrogen-bond acceptors (Lipinski definition) is 10. The number of imidazole rings is 1. The number of hydrogen-bond donors (Lipinski definition) is 2. The molecule has 210 valence electrons. The number of carbonyl (C=O) groups excluding carboxylic acids is 1. The Balaban J connectivity index is 1.26. The molecular weight excluding hydrogens is 546 g/mol. The summed E-state index contributed by atoms with van der Waals surface area (Å²) in [4.78, 5) is 26.5. The summed E-state index contributed by atoms with van der Waals surface area (Å²) in [7, 11) is 0. The third-order valence-corrected chi connectivity index (χ3v) is 7.77. The maximum absolute atomic E-state index is 13.2. The number of nitriles is 1. The second-order valence-corrected chi connectivity index (χ2v) is 10.5. The molecule has 4 heterocycles. The van der Waals surface area contributed by atoms with E-state index in [1.54, 1.807) is 6.92 Å². The Morgan fingerprint density at radius 1 is 1.23 bits per heavy atom. The first-order valence-corrected chi connectivity index (χ1v) is 13.4. The van der Waals surface area contributed by atoms with Crippen molar-refractivity contribution in [3.8, 4) is 11.8 Å². The van der Waals surface area contributed by atoms with Gasteiger partial charge in [-0.2, -0.15) is 23.5 Å². The molecule has 0 spiro atoms. The largest absolute Gasteiger partial charge is 0.435 e. The number of amides is 1. The summed E-state index contributed by atoms with van der Waals surface area (Å²) < 4.78 is 32.6. The van der Waals surface area contributed by atoms with E-state index in [9.17, 15) is 18.8 Å². The second kappa shape index (κ2) is 10.5. The first kappa shape index (κ1) is 26.3. The highest BCUT2D eigenvalue weighted by Crippen LogP contribution is 2.40. The molecule has 0 atom stereocenters. The zero-order valence-corrected chi connectivity index (χ0v) is 22.4. The maximum Gasteiger partial charge on any atom is 0.387 e. The van der Waals surface area contributed by atoms with E-state index in [2.05, 4.69) is 36.7 Å². The van der Waals surface area contributed by atoms with Crippen LogP contribution in [0.15, 0.2) is 18.3 Å². The number of aromatic nitrogens is 4. The molecule has 2 aromatic heterocycles. The fourth-order valence-corrected chi connectivity index (χ4v) is 5.27. The number of alkyl halides is 2. The van der Waals surface area contributed by atoms with Gasteiger partial charge < -0.3 is 25.2 Å². The lowest BCUT2D eigenvalue weighted by molar-refractivity contribution is -0.136. The number of nitrogens with zero attached hydrogens (tertiary/aromatic N) is 8. The van der Waals surface area contributed by atoms with Crippen LogP contribution in [0.4, 0.5) is 31.9 Å². The van der Waals surface area contributed by atoms with Gasteiger partial charge in [0, 0.05) is 70.4 Å². The van der Waals surface area contributed by atoms with Crippen LogP contribution in [0, 0.1) is 11.3 Å². The minimum atomic E-state index is -3.02. The van der Waals surface area contributed by atoms with Crippen LogP contribution >= 0.6 is 11.6 Å². The molecule has 0 radical (unpaired) electrons. The average Bonchev–Trinajstić information content (AvgIpc) is 3.60. The number of nitrogens with one attached hydrogen (secondary N) is 2. The van der Waals surface area contributed by atoms with E-state index in [0.29, 0.717) is 54.4 Å². The van der Waals surface area contributed by atoms with Crippen molar-refractivity contribution in [2.45, 2.75) is 38.5 Å². The molecule has 6 rings (SSSR count). The van der Waals surface area contributed by atoms with E-state index in [1.165, 1.54) is 22.8 Å². The predicted molar refractivity (Wildman–Crippen MR) is 143 cm³/mol. The highest BCUT2D eigenvalue weighted by molar-refractivity contribution is 6.36. The summed E-state index contributed by atoms with van der Waals surface area (Å²) in [6.45, 7) is 2.70. The molecule has 1 saturated carbocycles. The number of ether oxygens (including phenoxy) is 1. The van der Waals surface area contributed by atoms with Crippen LogP contribution in [-0.4, -0.2) is 93.3 Å². The lowest BCUT2D eigenvalue weighted by Crippen LogP contribution is -2.64. The van der Waals surface area contributed by atoms with Crippen molar-refractivity contribution in [3.05, 3.63) is 29.0 Å². The molecule has 0 unspecified atom stereocenters. The molecule has 1 aromatic carbocycles. The number of fused-ring (bicyclic) bond motifs is 1. The number of piperazine rings is 1. The van der Waals surface area contributed by atoms with Crippen LogP contribution < -0.4 is 20.3 Å². The molecule has 2 aliphatic heterocycles. The predicted octanol–water partition coefficient (Wildman–Crippen LogP) is 2.92. The molecule has 15 heteroatoms. The van der Waals surface area contributed by atoms with Gasteiger partial charge in [0.05, 0.1) is 22.6 Å². The summed E-state index contributed by atoms with van der Waals surface area (Å²) in [6.07, 6.45) is 3.40. The van der Waals surface area contributed by atoms with Crippen molar-refractivity contribution < 1.29 is 18.3 Å². The average molecular weight is 573 g/mol. The van der Waals surface area contributed by atoms with Crippen LogP contribution in [-0.2, 0) is 4.79 Å². The molecule has 3 aromatic rings. The highest BCUT2D eigenvalue weighted by Gasteiger charge is 2.35. The van der Waals surface area contributed by atoms with E-state index < -0.39 is 6.61 Å². The SMILES string of the molecule is CC(=O)N1CC(N2CCN(c3cc(OC(F)F)cc(Nc4nc(NC5CC5)c5ncc(C#N)n5n4)c3Cl)CC2)C1. The second-order valence-electron chi connectivity index (χ2n) is 10.1. The van der Waals surface area contributed by atoms with Gasteiger partial charge in [0.2, 0.25) is 11.9 Å². The molecule has 2 saturated heterocycles. The van der Waals surface area contributed by atoms with Gasteiger partial charge in [-0.15, -0.1) is 5.10 Å². The van der Waals surface area contributed by atoms with Crippen LogP contribution in [0.5, 0.6) is 5.75 Å². The van der Waals surface area contributed by atoms with E-state index in [1.807, 2.05) is 9.80 Å². The van der Waals surface area contributed by atoms with Gasteiger partial charge in [0.25, 0.3) is 0 Å². The zero-order valence-electron chi connectivity index (χ0n) is 21.6. The summed E-state index contributed by atoms with van der Waals surface area (Å²) >= 11 is 6.83. The van der Waals surface area contributed by atoms with Crippen molar-refractivity contribution in [2.75, 3.05) is 54.8 Å². The highest BCUT2D eigenvalue weighted by atomic mass is 35.5. The van der Waals surface area contributed by atoms with Crippen LogP contribution in [0.2, 0.25) is 5.02 Å². The quantitative estimate of drug-likeness (QED) is 0.416. The molecular formula is C25H27ClF2N10O2. The molecule has 3 fully saturated rings. The van der Waals surface area contributed by atoms with Crippen LogP contribution in [0.1, 0.15) is 25.5 Å². The van der Waals surface area contributed by atoms with Gasteiger partial charge in [-0.05, 0) is 12.8 Å². The standard InChI is InChI=1S/C25H27ClF2N10O2/c1-14(39)37-12-17(13-37)35-4-6-36(7-5-35)20-9-18(40-24(27)28)8-19(21(20)26)32-25-33-22(31-15-2-3-15)23-30-11-16(10-29)38(23)34-25/h8-9,11,15,17,24H,2-7,12-13H2,1H3,(H2,31,32,33,34). The molecule has 0 bridgehead atoms. The number of likely N-dealkylation sites (tertiary alicyclic amines) is 1. The van der Waals surface area contributed by atoms with Crippen molar-refractivity contribution in [1.82, 2.24) is 29.4 Å². The van der Waals surface area contributed by atoms with Gasteiger partial charge in [0.15, 0.2) is 17.2 Å². The molecule has 40 heavy (non-hydrogen) atoms. The number of carbonyl (C=O) groups is 1. The molecule has 1 amide bonds. The Bertz CT molecular complexity index is 1480. The fraction of sp³-hybridized carbons (Fsp3) is 0.480. The Hall–Kier alpha value is -3.96. The number of anilines is 4. The molecule has 2 N–H and O–H groups in total. The van der Waals surface area contributed by atoms with Crippen molar-refractivity contribution >= 4 is 46.3 Å². The van der Waals surface area contributed by atoms with Crippen LogP contribution in [0.3, 0.4) is 0 Å². The topological polar surface area (TPSA) is 127 Å². The van der Waals surface area contributed by atoms with E-state index in [4.69, 9.17) is 16.3 Å².